The molecule has 2 atom stereocenters. The van der Waals surface area contributed by atoms with Gasteiger partial charge in [0.2, 0.25) is 5.91 Å². The van der Waals surface area contributed by atoms with Crippen molar-refractivity contribution < 1.29 is 4.79 Å². The highest BCUT2D eigenvalue weighted by Gasteiger charge is 2.55. The van der Waals surface area contributed by atoms with E-state index in [-0.39, 0.29) is 5.41 Å². The molecule has 27 heavy (non-hydrogen) atoms. The van der Waals surface area contributed by atoms with Crippen molar-refractivity contribution in [1.82, 2.24) is 9.88 Å². The lowest BCUT2D eigenvalue weighted by Crippen LogP contribution is -2.40. The molecule has 5 nitrogen and oxygen atoms in total. The van der Waals surface area contributed by atoms with Gasteiger partial charge in [-0.2, -0.15) is 5.26 Å². The molecule has 3 aliphatic rings. The Hall–Kier alpha value is -2.87. The second-order valence-corrected chi connectivity index (χ2v) is 8.10. The van der Waals surface area contributed by atoms with Crippen molar-refractivity contribution >= 4 is 11.7 Å². The largest absolute Gasteiger partial charge is 0.356 e. The first-order chi connectivity index (χ1) is 13.2. The van der Waals surface area contributed by atoms with Crippen LogP contribution in [0.25, 0.3) is 0 Å². The van der Waals surface area contributed by atoms with Crippen molar-refractivity contribution in [1.29, 1.82) is 5.26 Å². The molecule has 1 aliphatic carbocycles. The number of benzene rings is 1. The fraction of sp³-hybridized carbons (Fsp3) is 0.409. The lowest BCUT2D eigenvalue weighted by Gasteiger charge is -2.26. The van der Waals surface area contributed by atoms with Crippen LogP contribution in [-0.2, 0) is 10.2 Å². The Morgan fingerprint density at radius 3 is 2.30 bits per heavy atom. The third-order valence-electron chi connectivity index (χ3n) is 6.46. The zero-order chi connectivity index (χ0) is 18.4. The van der Waals surface area contributed by atoms with Gasteiger partial charge < -0.3 is 9.80 Å². The molecule has 0 radical (unpaired) electrons. The van der Waals surface area contributed by atoms with Gasteiger partial charge in [0.1, 0.15) is 11.9 Å². The standard InChI is InChI=1S/C22H22N4O/c23-10-16-6-7-20(24-11-16)25-12-17-14-26(15-18(17)13-25)21(27)22(8-9-22)19-4-2-1-3-5-19/h1-7,11,17-18H,8-9,12-15H2. The Morgan fingerprint density at radius 2 is 1.74 bits per heavy atom. The minimum Gasteiger partial charge on any atom is -0.356 e. The second kappa shape index (κ2) is 6.09. The lowest BCUT2D eigenvalue weighted by atomic mass is 9.94. The van der Waals surface area contributed by atoms with E-state index in [2.05, 4.69) is 33.0 Å². The highest BCUT2D eigenvalue weighted by Crippen LogP contribution is 2.50. The number of carbonyl (C=O) groups is 1. The van der Waals surface area contributed by atoms with E-state index in [1.165, 1.54) is 5.56 Å². The number of aromatic nitrogens is 1. The molecule has 5 rings (SSSR count). The predicted octanol–water partition coefficient (Wildman–Crippen LogP) is 2.58. The van der Waals surface area contributed by atoms with Crippen molar-refractivity contribution in [2.24, 2.45) is 11.8 Å². The second-order valence-electron chi connectivity index (χ2n) is 8.10. The van der Waals surface area contributed by atoms with Crippen molar-refractivity contribution in [2.45, 2.75) is 18.3 Å². The summed E-state index contributed by atoms with van der Waals surface area (Å²) in [5.74, 6) is 2.28. The number of hydrogen-bond donors (Lipinski definition) is 0. The number of likely N-dealkylation sites (tertiary alicyclic amines) is 1. The Labute approximate surface area is 159 Å². The molecule has 2 unspecified atom stereocenters. The molecular formula is C22H22N4O. The Morgan fingerprint density at radius 1 is 1.04 bits per heavy atom. The fourth-order valence-electron chi connectivity index (χ4n) is 4.80. The third kappa shape index (κ3) is 2.68. The smallest absolute Gasteiger partial charge is 0.233 e. The molecule has 1 aromatic carbocycles. The van der Waals surface area contributed by atoms with Crippen LogP contribution in [0.4, 0.5) is 5.82 Å². The third-order valence-corrected chi connectivity index (χ3v) is 6.46. The maximum Gasteiger partial charge on any atom is 0.233 e. The molecular weight excluding hydrogens is 336 g/mol. The number of nitriles is 1. The van der Waals surface area contributed by atoms with Crippen molar-refractivity contribution in [2.75, 3.05) is 31.1 Å². The van der Waals surface area contributed by atoms with Gasteiger partial charge in [0, 0.05) is 44.2 Å². The first kappa shape index (κ1) is 16.3. The molecule has 0 N–H and O–H groups in total. The maximum absolute atomic E-state index is 13.3. The van der Waals surface area contributed by atoms with Crippen LogP contribution in [0.5, 0.6) is 0 Å². The molecule has 0 bridgehead atoms. The number of nitrogens with zero attached hydrogens (tertiary/aromatic N) is 4. The lowest BCUT2D eigenvalue weighted by molar-refractivity contribution is -0.133. The normalized spacial score (nSPS) is 25.1. The van der Waals surface area contributed by atoms with E-state index in [0.29, 0.717) is 23.3 Å². The molecule has 5 heteroatoms. The maximum atomic E-state index is 13.3. The number of hydrogen-bond acceptors (Lipinski definition) is 4. The summed E-state index contributed by atoms with van der Waals surface area (Å²) >= 11 is 0. The topological polar surface area (TPSA) is 60.2 Å². The van der Waals surface area contributed by atoms with Gasteiger partial charge in [0.25, 0.3) is 0 Å². The van der Waals surface area contributed by atoms with Crippen LogP contribution >= 0.6 is 0 Å². The number of pyridine rings is 1. The number of fused-ring (bicyclic) bond motifs is 1. The molecule has 3 fully saturated rings. The number of carbonyl (C=O) groups excluding carboxylic acids is 1. The van der Waals surface area contributed by atoms with Gasteiger partial charge in [-0.25, -0.2) is 4.98 Å². The summed E-state index contributed by atoms with van der Waals surface area (Å²) in [5, 5.41) is 8.92. The van der Waals surface area contributed by atoms with Gasteiger partial charge in [0.05, 0.1) is 11.0 Å². The quantitative estimate of drug-likeness (QED) is 0.846. The van der Waals surface area contributed by atoms with Crippen molar-refractivity contribution in [3.05, 3.63) is 59.8 Å². The van der Waals surface area contributed by atoms with E-state index in [0.717, 1.165) is 44.8 Å². The first-order valence-corrected chi connectivity index (χ1v) is 9.66. The molecule has 2 aromatic rings. The van der Waals surface area contributed by atoms with E-state index in [4.69, 9.17) is 5.26 Å². The van der Waals surface area contributed by atoms with Crippen LogP contribution in [0.2, 0.25) is 0 Å². The van der Waals surface area contributed by atoms with Crippen LogP contribution in [0.15, 0.2) is 48.7 Å². The van der Waals surface area contributed by atoms with E-state index >= 15 is 0 Å². The average molecular weight is 358 g/mol. The summed E-state index contributed by atoms with van der Waals surface area (Å²) in [6, 6.07) is 16.1. The summed E-state index contributed by atoms with van der Waals surface area (Å²) in [4.78, 5) is 22.1. The van der Waals surface area contributed by atoms with Crippen LogP contribution in [0.1, 0.15) is 24.0 Å². The Kier molecular flexibility index (Phi) is 3.68. The molecule has 2 saturated heterocycles. The summed E-state index contributed by atoms with van der Waals surface area (Å²) in [6.45, 7) is 3.58. The minimum atomic E-state index is -0.256. The molecule has 1 saturated carbocycles. The van der Waals surface area contributed by atoms with Gasteiger partial charge in [0.15, 0.2) is 0 Å². The summed E-state index contributed by atoms with van der Waals surface area (Å²) < 4.78 is 0. The van der Waals surface area contributed by atoms with Crippen molar-refractivity contribution in [3.63, 3.8) is 0 Å². The summed E-state index contributed by atoms with van der Waals surface area (Å²) in [6.07, 6.45) is 3.59. The van der Waals surface area contributed by atoms with Crippen LogP contribution < -0.4 is 4.90 Å². The van der Waals surface area contributed by atoms with Gasteiger partial charge >= 0.3 is 0 Å². The number of amides is 1. The molecule has 0 spiro atoms. The zero-order valence-corrected chi connectivity index (χ0v) is 15.2. The van der Waals surface area contributed by atoms with E-state index < -0.39 is 0 Å². The molecule has 1 amide bonds. The summed E-state index contributed by atoms with van der Waals surface area (Å²) in [7, 11) is 0. The molecule has 136 valence electrons. The van der Waals surface area contributed by atoms with E-state index in [1.54, 1.807) is 6.20 Å². The monoisotopic (exact) mass is 358 g/mol. The highest BCUT2D eigenvalue weighted by molar-refractivity contribution is 5.91. The van der Waals surface area contributed by atoms with Gasteiger partial charge in [-0.3, -0.25) is 4.79 Å². The molecule has 2 aliphatic heterocycles. The van der Waals surface area contributed by atoms with Crippen LogP contribution in [-0.4, -0.2) is 42.0 Å². The fourth-order valence-corrected chi connectivity index (χ4v) is 4.80. The van der Waals surface area contributed by atoms with Gasteiger partial charge in [-0.05, 0) is 30.5 Å². The van der Waals surface area contributed by atoms with E-state index in [1.807, 2.05) is 30.3 Å². The van der Waals surface area contributed by atoms with E-state index in [9.17, 15) is 4.79 Å². The SMILES string of the molecule is N#Cc1ccc(N2CC3CN(C(=O)C4(c5ccccc5)CC4)CC3C2)nc1. The number of anilines is 1. The highest BCUT2D eigenvalue weighted by atomic mass is 16.2. The zero-order valence-electron chi connectivity index (χ0n) is 15.2. The Bertz CT molecular complexity index is 884. The molecule has 3 heterocycles. The van der Waals surface area contributed by atoms with Crippen molar-refractivity contribution in [3.8, 4) is 6.07 Å². The van der Waals surface area contributed by atoms with Crippen LogP contribution in [0, 0.1) is 23.2 Å². The van der Waals surface area contributed by atoms with Crippen LogP contribution in [0.3, 0.4) is 0 Å². The van der Waals surface area contributed by atoms with Gasteiger partial charge in [-0.15, -0.1) is 0 Å². The van der Waals surface area contributed by atoms with Gasteiger partial charge in [-0.1, -0.05) is 30.3 Å². The predicted molar refractivity (Wildman–Crippen MR) is 102 cm³/mol. The first-order valence-electron chi connectivity index (χ1n) is 9.66. The molecule has 1 aromatic heterocycles. The Balaban J connectivity index is 1.26. The summed E-state index contributed by atoms with van der Waals surface area (Å²) in [5.41, 5.74) is 1.51. The minimum absolute atomic E-state index is 0.256. The average Bonchev–Trinajstić information content (AvgIpc) is 3.29. The number of rotatable bonds is 3.